The molecule has 1 aromatic heterocycles. The van der Waals surface area contributed by atoms with Crippen LogP contribution in [-0.2, 0) is 5.41 Å². The molecule has 13 rings (SSSR count). The maximum atomic E-state index is 2.60. The van der Waals surface area contributed by atoms with Gasteiger partial charge < -0.3 is 4.90 Å². The molecule has 0 saturated carbocycles. The molecule has 2 heteroatoms. The molecule has 296 valence electrons. The van der Waals surface area contributed by atoms with Gasteiger partial charge in [0.05, 0.1) is 11.5 Å². The largest absolute Gasteiger partial charge is 0.334 e. The molecular formula is C61H41NS. The molecule has 0 radical (unpaired) electrons. The summed E-state index contributed by atoms with van der Waals surface area (Å²) >= 11 is 1.88. The number of hydrogen-bond acceptors (Lipinski definition) is 2. The molecule has 9 aromatic carbocycles. The normalized spacial score (nSPS) is 15.2. The van der Waals surface area contributed by atoms with Gasteiger partial charge in [0.25, 0.3) is 0 Å². The van der Waals surface area contributed by atoms with Crippen LogP contribution in [0, 0.1) is 0 Å². The van der Waals surface area contributed by atoms with Crippen LogP contribution in [0.4, 0.5) is 11.4 Å². The van der Waals surface area contributed by atoms with Gasteiger partial charge in [-0.2, -0.15) is 0 Å². The number of allylic oxidation sites excluding steroid dienone is 2. The Balaban J connectivity index is 0.985. The Labute approximate surface area is 372 Å². The van der Waals surface area contributed by atoms with E-state index in [0.717, 1.165) is 6.42 Å². The molecule has 63 heavy (non-hydrogen) atoms. The first-order valence-corrected chi connectivity index (χ1v) is 22.8. The SMILES string of the molecule is C1=CC(N(c2ccc3c(c2)C2(c4ccccc4-c4ccccc42)c2ccc(-c4ccccc4)cc2-3)c2ccc3sc4ccccc4c3c2)CC=C1c1ccc(-c2ccccc2)cc1. The Morgan fingerprint density at radius 2 is 0.952 bits per heavy atom. The van der Waals surface area contributed by atoms with E-state index in [1.807, 2.05) is 11.3 Å². The van der Waals surface area contributed by atoms with Crippen LogP contribution >= 0.6 is 11.3 Å². The fourth-order valence-electron chi connectivity index (χ4n) is 11.0. The third-order valence-electron chi connectivity index (χ3n) is 13.8. The summed E-state index contributed by atoms with van der Waals surface area (Å²) in [5.41, 5.74) is 20.1. The van der Waals surface area contributed by atoms with E-state index >= 15 is 0 Å². The number of anilines is 2. The van der Waals surface area contributed by atoms with Crippen molar-refractivity contribution in [1.29, 1.82) is 0 Å². The van der Waals surface area contributed by atoms with Gasteiger partial charge in [-0.1, -0.05) is 188 Å². The molecule has 1 nitrogen and oxygen atoms in total. The van der Waals surface area contributed by atoms with E-state index in [0.29, 0.717) is 0 Å². The second kappa shape index (κ2) is 14.3. The molecule has 3 aliphatic rings. The number of nitrogens with zero attached hydrogens (tertiary/aromatic N) is 1. The predicted molar refractivity (Wildman–Crippen MR) is 267 cm³/mol. The lowest BCUT2D eigenvalue weighted by atomic mass is 9.70. The Morgan fingerprint density at radius 1 is 0.397 bits per heavy atom. The monoisotopic (exact) mass is 819 g/mol. The van der Waals surface area contributed by atoms with Crippen molar-refractivity contribution in [1.82, 2.24) is 0 Å². The summed E-state index contributed by atoms with van der Waals surface area (Å²) < 4.78 is 2.64. The molecule has 0 bridgehead atoms. The summed E-state index contributed by atoms with van der Waals surface area (Å²) in [5.74, 6) is 0. The van der Waals surface area contributed by atoms with E-state index in [4.69, 9.17) is 0 Å². The van der Waals surface area contributed by atoms with E-state index in [1.54, 1.807) is 0 Å². The molecule has 1 heterocycles. The van der Waals surface area contributed by atoms with Crippen molar-refractivity contribution in [2.24, 2.45) is 0 Å². The van der Waals surface area contributed by atoms with E-state index in [9.17, 15) is 0 Å². The van der Waals surface area contributed by atoms with Crippen LogP contribution < -0.4 is 4.90 Å². The fourth-order valence-corrected chi connectivity index (χ4v) is 12.1. The molecule has 0 fully saturated rings. The number of rotatable bonds is 6. The Hall–Kier alpha value is -7.52. The van der Waals surface area contributed by atoms with Gasteiger partial charge in [-0.25, -0.2) is 0 Å². The van der Waals surface area contributed by atoms with Gasteiger partial charge in [0.1, 0.15) is 0 Å². The van der Waals surface area contributed by atoms with Crippen LogP contribution in [0.2, 0.25) is 0 Å². The van der Waals surface area contributed by atoms with Crippen LogP contribution in [-0.4, -0.2) is 6.04 Å². The van der Waals surface area contributed by atoms with Crippen LogP contribution in [0.25, 0.3) is 70.3 Å². The maximum Gasteiger partial charge on any atom is 0.0726 e. The summed E-state index contributed by atoms with van der Waals surface area (Å²) in [6.07, 6.45) is 8.09. The highest BCUT2D eigenvalue weighted by Gasteiger charge is 2.52. The lowest BCUT2D eigenvalue weighted by Gasteiger charge is -2.35. The van der Waals surface area contributed by atoms with E-state index in [1.165, 1.54) is 109 Å². The lowest BCUT2D eigenvalue weighted by molar-refractivity contribution is 0.776. The number of hydrogen-bond donors (Lipinski definition) is 0. The Kier molecular flexibility index (Phi) is 8.19. The number of thiophene rings is 1. The quantitative estimate of drug-likeness (QED) is 0.162. The smallest absolute Gasteiger partial charge is 0.0726 e. The second-order valence-corrected chi connectivity index (χ2v) is 18.2. The topological polar surface area (TPSA) is 3.24 Å². The summed E-state index contributed by atoms with van der Waals surface area (Å²) in [6.45, 7) is 0. The summed E-state index contributed by atoms with van der Waals surface area (Å²) in [7, 11) is 0. The van der Waals surface area contributed by atoms with Crippen LogP contribution in [0.5, 0.6) is 0 Å². The van der Waals surface area contributed by atoms with Gasteiger partial charge >= 0.3 is 0 Å². The standard InChI is InChI=1S/C61H41NS/c1-3-13-40(14-4-1)42-23-25-43(26-24-42)44-27-30-46(31-28-44)62(47-33-36-60-54(38-47)52-19-9-12-22-59(52)63-60)48-32-34-51-53-37-45(41-15-5-2-6-16-41)29-35-57(53)61(58(51)39-48)55-20-10-7-17-49(55)50-18-8-11-21-56(50)61/h1-30,32-39,46H,31H2. The maximum absolute atomic E-state index is 2.60. The lowest BCUT2D eigenvalue weighted by Crippen LogP contribution is -2.31. The van der Waals surface area contributed by atoms with E-state index in [2.05, 4.69) is 235 Å². The third kappa shape index (κ3) is 5.55. The summed E-state index contributed by atoms with van der Waals surface area (Å²) in [5, 5.41) is 2.63. The highest BCUT2D eigenvalue weighted by Crippen LogP contribution is 2.63. The molecule has 3 aliphatic carbocycles. The van der Waals surface area contributed by atoms with E-state index in [-0.39, 0.29) is 6.04 Å². The zero-order chi connectivity index (χ0) is 41.5. The summed E-state index contributed by atoms with van der Waals surface area (Å²) in [6, 6.07) is 79.3. The van der Waals surface area contributed by atoms with Gasteiger partial charge in [0.15, 0.2) is 0 Å². The minimum absolute atomic E-state index is 0.102. The van der Waals surface area contributed by atoms with Crippen molar-refractivity contribution in [3.8, 4) is 44.5 Å². The van der Waals surface area contributed by atoms with Gasteiger partial charge in [0.2, 0.25) is 0 Å². The number of benzene rings is 9. The molecule has 0 saturated heterocycles. The minimum Gasteiger partial charge on any atom is -0.334 e. The highest BCUT2D eigenvalue weighted by atomic mass is 32.1. The predicted octanol–water partition coefficient (Wildman–Crippen LogP) is 16.3. The molecule has 10 aromatic rings. The molecule has 1 spiro atoms. The van der Waals surface area contributed by atoms with Crippen molar-refractivity contribution in [2.45, 2.75) is 17.9 Å². The highest BCUT2D eigenvalue weighted by molar-refractivity contribution is 7.25. The molecule has 0 N–H and O–H groups in total. The number of fused-ring (bicyclic) bond motifs is 13. The zero-order valence-electron chi connectivity index (χ0n) is 34.6. The molecular weight excluding hydrogens is 779 g/mol. The van der Waals surface area contributed by atoms with Gasteiger partial charge in [-0.05, 0) is 127 Å². The average Bonchev–Trinajstić information content (AvgIpc) is 3.98. The van der Waals surface area contributed by atoms with Crippen LogP contribution in [0.15, 0.2) is 231 Å². The van der Waals surface area contributed by atoms with Crippen molar-refractivity contribution < 1.29 is 0 Å². The van der Waals surface area contributed by atoms with Crippen molar-refractivity contribution >= 4 is 48.5 Å². The molecule has 1 atom stereocenters. The van der Waals surface area contributed by atoms with Crippen molar-refractivity contribution in [3.63, 3.8) is 0 Å². The average molecular weight is 820 g/mol. The van der Waals surface area contributed by atoms with Gasteiger partial charge in [-0.15, -0.1) is 11.3 Å². The third-order valence-corrected chi connectivity index (χ3v) is 15.0. The molecule has 1 unspecified atom stereocenters. The van der Waals surface area contributed by atoms with Crippen LogP contribution in [0.1, 0.15) is 34.2 Å². The van der Waals surface area contributed by atoms with Gasteiger partial charge in [-0.3, -0.25) is 0 Å². The van der Waals surface area contributed by atoms with Crippen LogP contribution in [0.3, 0.4) is 0 Å². The minimum atomic E-state index is -0.455. The fraction of sp³-hybridized carbons (Fsp3) is 0.0492. The Bertz CT molecular complexity index is 3440. The summed E-state index contributed by atoms with van der Waals surface area (Å²) in [4.78, 5) is 2.60. The van der Waals surface area contributed by atoms with Crippen molar-refractivity contribution in [3.05, 3.63) is 258 Å². The second-order valence-electron chi connectivity index (χ2n) is 17.1. The van der Waals surface area contributed by atoms with E-state index < -0.39 is 5.41 Å². The first-order chi connectivity index (χ1) is 31.2. The van der Waals surface area contributed by atoms with Gasteiger partial charge in [0, 0.05) is 31.5 Å². The molecule has 0 amide bonds. The Morgan fingerprint density at radius 3 is 1.68 bits per heavy atom. The van der Waals surface area contributed by atoms with Crippen molar-refractivity contribution in [2.75, 3.05) is 4.90 Å². The zero-order valence-corrected chi connectivity index (χ0v) is 35.4. The first-order valence-electron chi connectivity index (χ1n) is 22.0. The molecule has 0 aliphatic heterocycles. The first kappa shape index (κ1) is 36.2.